The van der Waals surface area contributed by atoms with Gasteiger partial charge in [-0.15, -0.1) is 0 Å². The molecule has 196 valence electrons. The maximum Gasteiger partial charge on any atom is 0.326 e. The molecular weight excluding hydrogens is 480 g/mol. The maximum atomic E-state index is 13.0. The van der Waals surface area contributed by atoms with Gasteiger partial charge in [0, 0.05) is 30.5 Å². The maximum absolute atomic E-state index is 13.0. The van der Waals surface area contributed by atoms with Crippen molar-refractivity contribution in [3.05, 3.63) is 18.2 Å². The molecule has 15 heteroatoms. The number of carbonyl (C=O) groups is 5. The van der Waals surface area contributed by atoms with Gasteiger partial charge in [0.1, 0.15) is 18.1 Å². The number of hydrogen-bond donors (Lipinski definition) is 9. The Morgan fingerprint density at radius 2 is 1.63 bits per heavy atom. The van der Waals surface area contributed by atoms with Crippen LogP contribution in [0.4, 0.5) is 0 Å². The summed E-state index contributed by atoms with van der Waals surface area (Å²) in [6.45, 7) is 0.383. The highest BCUT2D eigenvalue weighted by atomic mass is 32.1. The zero-order valence-corrected chi connectivity index (χ0v) is 20.1. The molecule has 0 saturated heterocycles. The van der Waals surface area contributed by atoms with Gasteiger partial charge in [0.15, 0.2) is 0 Å². The molecule has 0 aromatic carbocycles. The van der Waals surface area contributed by atoms with Crippen molar-refractivity contribution in [2.24, 2.45) is 17.2 Å². The Balaban J connectivity index is 3.04. The SMILES string of the molecule is NCCCCC(NC(=O)C(Cc1cnc[nH]1)NC(=O)C(CCC(N)=O)NC(=O)C(N)CS)C(=O)O. The third kappa shape index (κ3) is 11.2. The average molecular weight is 515 g/mol. The van der Waals surface area contributed by atoms with E-state index in [1.807, 2.05) is 0 Å². The number of imidazole rings is 1. The minimum atomic E-state index is -1.23. The number of nitrogens with two attached hydrogens (primary N) is 3. The lowest BCUT2D eigenvalue weighted by Gasteiger charge is -2.25. The van der Waals surface area contributed by atoms with E-state index in [0.29, 0.717) is 25.1 Å². The third-order valence-electron chi connectivity index (χ3n) is 5.02. The summed E-state index contributed by atoms with van der Waals surface area (Å²) in [5.41, 5.74) is 16.8. The van der Waals surface area contributed by atoms with Crippen LogP contribution in [0.1, 0.15) is 37.8 Å². The van der Waals surface area contributed by atoms with Crippen LogP contribution in [0.3, 0.4) is 0 Å². The fourth-order valence-electron chi connectivity index (χ4n) is 3.04. The van der Waals surface area contributed by atoms with Gasteiger partial charge in [-0.05, 0) is 32.2 Å². The normalized spacial score (nSPS) is 14.3. The van der Waals surface area contributed by atoms with E-state index in [4.69, 9.17) is 17.2 Å². The molecule has 0 saturated carbocycles. The molecule has 0 spiro atoms. The summed E-state index contributed by atoms with van der Waals surface area (Å²) < 4.78 is 0. The van der Waals surface area contributed by atoms with E-state index >= 15 is 0 Å². The second kappa shape index (κ2) is 15.7. The summed E-state index contributed by atoms with van der Waals surface area (Å²) in [5.74, 6) is -4.11. The fourth-order valence-corrected chi connectivity index (χ4v) is 3.20. The molecule has 1 heterocycles. The molecule has 1 aromatic rings. The zero-order valence-electron chi connectivity index (χ0n) is 19.2. The largest absolute Gasteiger partial charge is 0.480 e. The van der Waals surface area contributed by atoms with E-state index in [1.165, 1.54) is 12.5 Å². The summed E-state index contributed by atoms with van der Waals surface area (Å²) in [5, 5.41) is 16.8. The number of rotatable bonds is 17. The van der Waals surface area contributed by atoms with Gasteiger partial charge in [-0.25, -0.2) is 9.78 Å². The molecule has 0 bridgehead atoms. The number of carboxylic acid groups (broad SMARTS) is 1. The number of carboxylic acids is 1. The van der Waals surface area contributed by atoms with Crippen LogP contribution in [0.15, 0.2) is 12.5 Å². The second-order valence-corrected chi connectivity index (χ2v) is 8.25. The van der Waals surface area contributed by atoms with Gasteiger partial charge in [0.25, 0.3) is 0 Å². The van der Waals surface area contributed by atoms with Crippen molar-refractivity contribution in [2.75, 3.05) is 12.3 Å². The van der Waals surface area contributed by atoms with E-state index < -0.39 is 53.8 Å². The molecule has 1 rings (SSSR count). The van der Waals surface area contributed by atoms with Crippen LogP contribution in [0, 0.1) is 0 Å². The Morgan fingerprint density at radius 1 is 1.00 bits per heavy atom. The van der Waals surface area contributed by atoms with Crippen molar-refractivity contribution < 1.29 is 29.1 Å². The van der Waals surface area contributed by atoms with Crippen molar-refractivity contribution >= 4 is 42.2 Å². The average Bonchev–Trinajstić information content (AvgIpc) is 3.32. The van der Waals surface area contributed by atoms with Crippen LogP contribution in [-0.2, 0) is 30.4 Å². The number of thiol groups is 1. The number of aromatic nitrogens is 2. The first-order valence-electron chi connectivity index (χ1n) is 11.0. The van der Waals surface area contributed by atoms with Crippen molar-refractivity contribution in [2.45, 2.75) is 62.7 Å². The Bertz CT molecular complexity index is 853. The number of primary amides is 1. The number of amides is 4. The Morgan fingerprint density at radius 3 is 2.17 bits per heavy atom. The predicted octanol–water partition coefficient (Wildman–Crippen LogP) is -2.86. The molecule has 1 aromatic heterocycles. The van der Waals surface area contributed by atoms with Crippen LogP contribution in [0.2, 0.25) is 0 Å². The lowest BCUT2D eigenvalue weighted by Crippen LogP contribution is -2.58. The quantitative estimate of drug-likeness (QED) is 0.0765. The fraction of sp³-hybridized carbons (Fsp3) is 0.600. The molecule has 0 aliphatic heterocycles. The summed E-state index contributed by atoms with van der Waals surface area (Å²) in [6, 6.07) is -4.63. The summed E-state index contributed by atoms with van der Waals surface area (Å²) in [6.07, 6.45) is 3.66. The van der Waals surface area contributed by atoms with Crippen LogP contribution in [0.5, 0.6) is 0 Å². The Labute approximate surface area is 207 Å². The van der Waals surface area contributed by atoms with Crippen LogP contribution < -0.4 is 33.2 Å². The molecular formula is C20H34N8O6S. The summed E-state index contributed by atoms with van der Waals surface area (Å²) >= 11 is 3.95. The number of carbonyl (C=O) groups excluding carboxylic acids is 4. The van der Waals surface area contributed by atoms with E-state index in [2.05, 4.69) is 38.5 Å². The first kappa shape index (κ1) is 29.9. The highest BCUT2D eigenvalue weighted by molar-refractivity contribution is 7.80. The molecule has 4 amide bonds. The molecule has 0 aliphatic carbocycles. The van der Waals surface area contributed by atoms with E-state index in [9.17, 15) is 29.1 Å². The smallest absolute Gasteiger partial charge is 0.326 e. The van der Waals surface area contributed by atoms with Crippen LogP contribution in [-0.4, -0.2) is 81.1 Å². The van der Waals surface area contributed by atoms with Crippen molar-refractivity contribution in [3.8, 4) is 0 Å². The van der Waals surface area contributed by atoms with Crippen LogP contribution >= 0.6 is 12.6 Å². The van der Waals surface area contributed by atoms with Gasteiger partial charge in [-0.2, -0.15) is 12.6 Å². The number of aromatic amines is 1. The van der Waals surface area contributed by atoms with E-state index in [1.54, 1.807) is 0 Å². The minimum absolute atomic E-state index is 0.0155. The zero-order chi connectivity index (χ0) is 26.4. The number of H-pyrrole nitrogens is 1. The molecule has 0 aliphatic rings. The molecule has 14 nitrogen and oxygen atoms in total. The Hall–Kier alpha value is -3.17. The number of hydrogen-bond acceptors (Lipinski definition) is 9. The van der Waals surface area contributed by atoms with Gasteiger partial charge in [0.05, 0.1) is 12.4 Å². The third-order valence-corrected chi connectivity index (χ3v) is 5.41. The topological polar surface area (TPSA) is 248 Å². The highest BCUT2D eigenvalue weighted by Gasteiger charge is 2.30. The Kier molecular flexibility index (Phi) is 13.4. The van der Waals surface area contributed by atoms with Crippen molar-refractivity contribution in [3.63, 3.8) is 0 Å². The molecule has 4 unspecified atom stereocenters. The molecule has 35 heavy (non-hydrogen) atoms. The monoisotopic (exact) mass is 514 g/mol. The number of nitrogens with zero attached hydrogens (tertiary/aromatic N) is 1. The minimum Gasteiger partial charge on any atom is -0.480 e. The van der Waals surface area contributed by atoms with Crippen molar-refractivity contribution in [1.29, 1.82) is 0 Å². The molecule has 0 fully saturated rings. The number of nitrogens with one attached hydrogen (secondary N) is 4. The first-order valence-corrected chi connectivity index (χ1v) is 11.7. The first-order chi connectivity index (χ1) is 16.6. The molecule has 11 N–H and O–H groups in total. The number of unbranched alkanes of at least 4 members (excludes halogenated alkanes) is 1. The summed E-state index contributed by atoms with van der Waals surface area (Å²) in [4.78, 5) is 67.7. The molecule has 4 atom stereocenters. The lowest BCUT2D eigenvalue weighted by atomic mass is 10.1. The van der Waals surface area contributed by atoms with E-state index in [-0.39, 0.29) is 31.4 Å². The predicted molar refractivity (Wildman–Crippen MR) is 129 cm³/mol. The van der Waals surface area contributed by atoms with Crippen molar-refractivity contribution in [1.82, 2.24) is 25.9 Å². The van der Waals surface area contributed by atoms with Gasteiger partial charge < -0.3 is 43.2 Å². The molecule has 0 radical (unpaired) electrons. The van der Waals surface area contributed by atoms with Gasteiger partial charge in [0.2, 0.25) is 23.6 Å². The lowest BCUT2D eigenvalue weighted by molar-refractivity contribution is -0.142. The van der Waals surface area contributed by atoms with Gasteiger partial charge in [-0.3, -0.25) is 19.2 Å². The van der Waals surface area contributed by atoms with Gasteiger partial charge >= 0.3 is 5.97 Å². The number of aliphatic carboxylic acids is 1. The van der Waals surface area contributed by atoms with Gasteiger partial charge in [-0.1, -0.05) is 0 Å². The summed E-state index contributed by atoms with van der Waals surface area (Å²) in [7, 11) is 0. The second-order valence-electron chi connectivity index (χ2n) is 7.88. The van der Waals surface area contributed by atoms with E-state index in [0.717, 1.165) is 0 Å². The standard InChI is InChI=1S/C20H34N8O6S/c21-6-2-1-3-14(20(33)34)27-19(32)15(7-11-8-24-10-25-11)28-18(31)13(4-5-16(23)29)26-17(30)12(22)9-35/h8,10,12-15,35H,1-7,9,21-22H2,(H2,23,29)(H,24,25)(H,26,30)(H,27,32)(H,28,31)(H,33,34). The van der Waals surface area contributed by atoms with Crippen LogP contribution in [0.25, 0.3) is 0 Å². The highest BCUT2D eigenvalue weighted by Crippen LogP contribution is 2.06.